The molecule has 3 aromatic heterocycles. The van der Waals surface area contributed by atoms with Gasteiger partial charge >= 0.3 is 0 Å². The quantitative estimate of drug-likeness (QED) is 0.198. The van der Waals surface area contributed by atoms with Crippen molar-refractivity contribution in [1.29, 1.82) is 0 Å². The lowest BCUT2D eigenvalue weighted by molar-refractivity contribution is 0.402. The highest BCUT2D eigenvalue weighted by atomic mass is 19.1. The molecule has 0 N–H and O–H groups in total. The number of aryl methyl sites for hydroxylation is 1. The molecule has 0 aliphatic carbocycles. The van der Waals surface area contributed by atoms with Crippen molar-refractivity contribution in [2.24, 2.45) is 7.05 Å². The highest BCUT2D eigenvalue weighted by molar-refractivity contribution is 6.08. The lowest BCUT2D eigenvalue weighted by Crippen LogP contribution is -2.31. The van der Waals surface area contributed by atoms with Crippen LogP contribution in [0.2, 0.25) is 0 Å². The molecule has 0 amide bonds. The third kappa shape index (κ3) is 4.07. The fraction of sp³-hybridized carbons (Fsp3) is 0.122. The Bertz CT molecular complexity index is 2510. The molecule has 6 heteroatoms. The van der Waals surface area contributed by atoms with Crippen LogP contribution in [0.5, 0.6) is 0 Å². The molecule has 0 radical (unpaired) electrons. The van der Waals surface area contributed by atoms with Gasteiger partial charge in [0, 0.05) is 46.2 Å². The van der Waals surface area contributed by atoms with Gasteiger partial charge in [0.05, 0.1) is 16.7 Å². The molecule has 0 fully saturated rings. The number of anilines is 3. The van der Waals surface area contributed by atoms with E-state index in [1.54, 1.807) is 0 Å². The van der Waals surface area contributed by atoms with E-state index < -0.39 is 6.17 Å². The van der Waals surface area contributed by atoms with Crippen molar-refractivity contribution in [3.05, 3.63) is 150 Å². The summed E-state index contributed by atoms with van der Waals surface area (Å²) in [6, 6.07) is 39.9. The van der Waals surface area contributed by atoms with Crippen LogP contribution in [0.3, 0.4) is 0 Å². The number of imidazole rings is 1. The second-order valence-corrected chi connectivity index (χ2v) is 12.8. The van der Waals surface area contributed by atoms with Crippen molar-refractivity contribution in [2.75, 3.05) is 4.90 Å². The number of pyridine rings is 1. The van der Waals surface area contributed by atoms with E-state index in [2.05, 4.69) is 47.6 Å². The highest BCUT2D eigenvalue weighted by Crippen LogP contribution is 2.54. The van der Waals surface area contributed by atoms with Crippen molar-refractivity contribution in [3.8, 4) is 11.4 Å². The molecule has 1 unspecified atom stereocenters. The zero-order valence-corrected chi connectivity index (χ0v) is 26.3. The molecule has 0 saturated heterocycles. The van der Waals surface area contributed by atoms with Crippen LogP contribution in [0.1, 0.15) is 42.3 Å². The maximum Gasteiger partial charge on any atom is 0.150 e. The molecule has 0 spiro atoms. The topological polar surface area (TPSA) is 47.1 Å². The molecule has 8 aromatic rings. The number of hydrogen-bond donors (Lipinski definition) is 0. The van der Waals surface area contributed by atoms with Crippen LogP contribution in [0.15, 0.2) is 132 Å². The fourth-order valence-corrected chi connectivity index (χ4v) is 7.36. The lowest BCUT2D eigenvalue weighted by atomic mass is 9.74. The smallest absolute Gasteiger partial charge is 0.150 e. The summed E-state index contributed by atoms with van der Waals surface area (Å²) < 4.78 is 25.2. The Morgan fingerprint density at radius 2 is 1.51 bits per heavy atom. The SMILES string of the molecule is Cn1c(-c2cccc(C(F)c3cccc(N4c5ccccc5C(C)(C)c5c4ncc4c5oc5ccccc54)c3)c2)nc2ccccc21. The van der Waals surface area contributed by atoms with Gasteiger partial charge in [-0.25, -0.2) is 14.4 Å². The number of benzene rings is 5. The average Bonchev–Trinajstić information content (AvgIpc) is 3.65. The van der Waals surface area contributed by atoms with Gasteiger partial charge in [-0.3, -0.25) is 4.90 Å². The van der Waals surface area contributed by atoms with Crippen LogP contribution < -0.4 is 4.90 Å². The monoisotopic (exact) mass is 614 g/mol. The number of alkyl halides is 1. The molecule has 47 heavy (non-hydrogen) atoms. The van der Waals surface area contributed by atoms with Gasteiger partial charge in [-0.1, -0.05) is 92.7 Å². The number of hydrogen-bond acceptors (Lipinski definition) is 4. The molecule has 1 aliphatic heterocycles. The normalized spacial score (nSPS) is 14.4. The summed E-state index contributed by atoms with van der Waals surface area (Å²) in [4.78, 5) is 12.1. The standard InChI is InChI=1S/C41H31FN4O/c1-41(2)31-17-5-7-19-33(31)46(40-36(41)38-30(24-43-40)29-16-4-9-21-35(29)47-38)28-15-11-13-26(23-28)37(42)25-12-10-14-27(22-25)39-44-32-18-6-8-20-34(32)45(39)3/h4-24,37H,1-3H3. The Labute approximate surface area is 271 Å². The molecular formula is C41H31FN4O. The van der Waals surface area contributed by atoms with Crippen LogP contribution >= 0.6 is 0 Å². The number of rotatable bonds is 4. The van der Waals surface area contributed by atoms with Crippen LogP contribution in [-0.2, 0) is 12.5 Å². The zero-order chi connectivity index (χ0) is 31.9. The Morgan fingerprint density at radius 1 is 0.766 bits per heavy atom. The first-order chi connectivity index (χ1) is 22.9. The predicted octanol–water partition coefficient (Wildman–Crippen LogP) is 10.7. The predicted molar refractivity (Wildman–Crippen MR) is 187 cm³/mol. The van der Waals surface area contributed by atoms with E-state index in [0.717, 1.165) is 72.7 Å². The fourth-order valence-electron chi connectivity index (χ4n) is 7.36. The van der Waals surface area contributed by atoms with Crippen LogP contribution in [-0.4, -0.2) is 14.5 Å². The van der Waals surface area contributed by atoms with Gasteiger partial charge in [0.1, 0.15) is 22.8 Å². The first-order valence-electron chi connectivity index (χ1n) is 15.9. The molecule has 5 aromatic carbocycles. The number of aromatic nitrogens is 3. The number of nitrogens with zero attached hydrogens (tertiary/aromatic N) is 4. The molecule has 228 valence electrons. The summed E-state index contributed by atoms with van der Waals surface area (Å²) in [5, 5.41) is 2.03. The van der Waals surface area contributed by atoms with Gasteiger partial charge in [-0.15, -0.1) is 0 Å². The third-order valence-electron chi connectivity index (χ3n) is 9.70. The Balaban J connectivity index is 1.17. The maximum absolute atomic E-state index is 16.6. The average molecular weight is 615 g/mol. The highest BCUT2D eigenvalue weighted by Gasteiger charge is 2.40. The minimum absolute atomic E-state index is 0.390. The Hall–Kier alpha value is -5.75. The number of para-hydroxylation sites is 4. The van der Waals surface area contributed by atoms with E-state index in [0.29, 0.717) is 11.1 Å². The van der Waals surface area contributed by atoms with E-state index in [1.165, 1.54) is 0 Å². The Kier molecular flexibility index (Phi) is 5.94. The minimum atomic E-state index is -1.34. The van der Waals surface area contributed by atoms with Gasteiger partial charge in [0.2, 0.25) is 0 Å². The van der Waals surface area contributed by atoms with E-state index in [9.17, 15) is 0 Å². The lowest BCUT2D eigenvalue weighted by Gasteiger charge is -2.40. The summed E-state index contributed by atoms with van der Waals surface area (Å²) in [6.45, 7) is 4.45. The van der Waals surface area contributed by atoms with E-state index >= 15 is 4.39 Å². The van der Waals surface area contributed by atoms with Crippen molar-refractivity contribution in [3.63, 3.8) is 0 Å². The van der Waals surface area contributed by atoms with Gasteiger partial charge < -0.3 is 8.98 Å². The van der Waals surface area contributed by atoms with Gasteiger partial charge in [-0.2, -0.15) is 0 Å². The second kappa shape index (κ2) is 10.1. The van der Waals surface area contributed by atoms with Crippen LogP contribution in [0.4, 0.5) is 21.6 Å². The number of halogens is 1. The largest absolute Gasteiger partial charge is 0.456 e. The van der Waals surface area contributed by atoms with Crippen LogP contribution in [0.25, 0.3) is 44.4 Å². The van der Waals surface area contributed by atoms with E-state index in [4.69, 9.17) is 14.4 Å². The molecular weight excluding hydrogens is 583 g/mol. The zero-order valence-electron chi connectivity index (χ0n) is 26.3. The summed E-state index contributed by atoms with van der Waals surface area (Å²) in [5.74, 6) is 1.60. The minimum Gasteiger partial charge on any atom is -0.456 e. The van der Waals surface area contributed by atoms with Crippen molar-refractivity contribution in [1.82, 2.24) is 14.5 Å². The van der Waals surface area contributed by atoms with Crippen molar-refractivity contribution in [2.45, 2.75) is 25.4 Å². The first-order valence-corrected chi connectivity index (χ1v) is 15.9. The summed E-state index contributed by atoms with van der Waals surface area (Å²) in [7, 11) is 2.00. The summed E-state index contributed by atoms with van der Waals surface area (Å²) in [6.07, 6.45) is 0.567. The van der Waals surface area contributed by atoms with Gasteiger partial charge in [0.25, 0.3) is 0 Å². The van der Waals surface area contributed by atoms with Crippen molar-refractivity contribution < 1.29 is 8.81 Å². The maximum atomic E-state index is 16.6. The van der Waals surface area contributed by atoms with Crippen molar-refractivity contribution >= 4 is 50.2 Å². The first kappa shape index (κ1) is 27.6. The third-order valence-corrected chi connectivity index (χ3v) is 9.70. The molecule has 1 atom stereocenters. The summed E-state index contributed by atoms with van der Waals surface area (Å²) >= 11 is 0. The van der Waals surface area contributed by atoms with Gasteiger partial charge in [-0.05, 0) is 59.2 Å². The van der Waals surface area contributed by atoms with E-state index in [-0.39, 0.29) is 5.41 Å². The van der Waals surface area contributed by atoms with E-state index in [1.807, 2.05) is 110 Å². The summed E-state index contributed by atoms with van der Waals surface area (Å²) in [5.41, 5.74) is 9.28. The number of fused-ring (bicyclic) bond motifs is 7. The molecule has 0 saturated carbocycles. The molecule has 5 nitrogen and oxygen atoms in total. The molecule has 9 rings (SSSR count). The number of furan rings is 1. The molecule has 4 heterocycles. The van der Waals surface area contributed by atoms with Crippen LogP contribution in [0, 0.1) is 0 Å². The molecule has 0 bridgehead atoms. The van der Waals surface area contributed by atoms with Gasteiger partial charge in [0.15, 0.2) is 6.17 Å². The molecule has 1 aliphatic rings. The Morgan fingerprint density at radius 3 is 2.38 bits per heavy atom. The second-order valence-electron chi connectivity index (χ2n) is 12.8.